The summed E-state index contributed by atoms with van der Waals surface area (Å²) in [7, 11) is -0.890. The van der Waals surface area contributed by atoms with Gasteiger partial charge < -0.3 is 5.32 Å². The SMILES string of the molecule is CCCS(=O)(=O)CCC(C)(C)CCNC. The lowest BCUT2D eigenvalue weighted by atomic mass is 9.86. The van der Waals surface area contributed by atoms with Gasteiger partial charge in [-0.15, -0.1) is 0 Å². The van der Waals surface area contributed by atoms with Crippen molar-refractivity contribution in [3.8, 4) is 0 Å². The average molecular weight is 235 g/mol. The third kappa shape index (κ3) is 7.79. The first-order valence-corrected chi connectivity index (χ1v) is 7.50. The van der Waals surface area contributed by atoms with Crippen LogP contribution in [0.2, 0.25) is 0 Å². The summed E-state index contributed by atoms with van der Waals surface area (Å²) in [6, 6.07) is 0. The van der Waals surface area contributed by atoms with Crippen LogP contribution < -0.4 is 5.32 Å². The molecule has 92 valence electrons. The molecule has 0 radical (unpaired) electrons. The van der Waals surface area contributed by atoms with Gasteiger partial charge >= 0.3 is 0 Å². The van der Waals surface area contributed by atoms with Gasteiger partial charge in [0.1, 0.15) is 9.84 Å². The Hall–Kier alpha value is -0.0900. The number of nitrogens with one attached hydrogen (secondary N) is 1. The molecule has 0 amide bonds. The van der Waals surface area contributed by atoms with Gasteiger partial charge in [-0.3, -0.25) is 0 Å². The number of hydrogen-bond acceptors (Lipinski definition) is 3. The van der Waals surface area contributed by atoms with Crippen molar-refractivity contribution in [1.29, 1.82) is 0 Å². The minimum Gasteiger partial charge on any atom is -0.320 e. The van der Waals surface area contributed by atoms with Crippen LogP contribution in [0.3, 0.4) is 0 Å². The fraction of sp³-hybridized carbons (Fsp3) is 1.00. The highest BCUT2D eigenvalue weighted by atomic mass is 32.2. The van der Waals surface area contributed by atoms with Gasteiger partial charge in [-0.2, -0.15) is 0 Å². The first-order chi connectivity index (χ1) is 6.83. The van der Waals surface area contributed by atoms with Crippen LogP contribution in [-0.4, -0.2) is 33.5 Å². The number of sulfone groups is 1. The van der Waals surface area contributed by atoms with Gasteiger partial charge in [-0.1, -0.05) is 20.8 Å². The van der Waals surface area contributed by atoms with Crippen molar-refractivity contribution >= 4 is 9.84 Å². The Morgan fingerprint density at radius 3 is 2.20 bits per heavy atom. The Kier molecular flexibility index (Phi) is 6.44. The third-order valence-electron chi connectivity index (χ3n) is 2.66. The van der Waals surface area contributed by atoms with Crippen molar-refractivity contribution in [2.75, 3.05) is 25.1 Å². The predicted molar refractivity (Wildman–Crippen MR) is 65.9 cm³/mol. The van der Waals surface area contributed by atoms with E-state index < -0.39 is 9.84 Å². The highest BCUT2D eigenvalue weighted by Gasteiger charge is 2.20. The van der Waals surface area contributed by atoms with E-state index in [9.17, 15) is 8.42 Å². The first-order valence-electron chi connectivity index (χ1n) is 5.68. The molecule has 4 heteroatoms. The molecule has 3 nitrogen and oxygen atoms in total. The molecule has 0 spiro atoms. The highest BCUT2D eigenvalue weighted by molar-refractivity contribution is 7.91. The van der Waals surface area contributed by atoms with E-state index in [2.05, 4.69) is 19.2 Å². The summed E-state index contributed by atoms with van der Waals surface area (Å²) in [5.74, 6) is 0.659. The van der Waals surface area contributed by atoms with Crippen molar-refractivity contribution in [3.63, 3.8) is 0 Å². The quantitative estimate of drug-likeness (QED) is 0.698. The second-order valence-corrected chi connectivity index (χ2v) is 7.22. The second kappa shape index (κ2) is 6.48. The Morgan fingerprint density at radius 1 is 1.13 bits per heavy atom. The molecule has 0 saturated carbocycles. The lowest BCUT2D eigenvalue weighted by Gasteiger charge is -2.24. The molecule has 0 fully saturated rings. The summed E-state index contributed by atoms with van der Waals surface area (Å²) < 4.78 is 23.1. The van der Waals surface area contributed by atoms with E-state index in [1.807, 2.05) is 14.0 Å². The van der Waals surface area contributed by atoms with Gasteiger partial charge in [-0.25, -0.2) is 8.42 Å². The van der Waals surface area contributed by atoms with Crippen molar-refractivity contribution in [2.24, 2.45) is 5.41 Å². The molecule has 0 unspecified atom stereocenters. The van der Waals surface area contributed by atoms with E-state index in [0.717, 1.165) is 25.8 Å². The molecule has 0 bridgehead atoms. The molecular formula is C11H25NO2S. The summed E-state index contributed by atoms with van der Waals surface area (Å²) in [5.41, 5.74) is 0.115. The summed E-state index contributed by atoms with van der Waals surface area (Å²) in [4.78, 5) is 0. The normalized spacial score (nSPS) is 13.1. The summed E-state index contributed by atoms with van der Waals surface area (Å²) in [5, 5.41) is 3.10. The zero-order valence-corrected chi connectivity index (χ0v) is 11.3. The van der Waals surface area contributed by atoms with Gasteiger partial charge in [0.2, 0.25) is 0 Å². The molecule has 15 heavy (non-hydrogen) atoms. The summed E-state index contributed by atoms with van der Waals surface area (Å²) in [6.45, 7) is 7.11. The second-order valence-electron chi connectivity index (χ2n) is 4.92. The van der Waals surface area contributed by atoms with Crippen LogP contribution in [-0.2, 0) is 9.84 Å². The van der Waals surface area contributed by atoms with Crippen LogP contribution in [0.25, 0.3) is 0 Å². The smallest absolute Gasteiger partial charge is 0.150 e. The van der Waals surface area contributed by atoms with Gasteiger partial charge in [0.25, 0.3) is 0 Å². The van der Waals surface area contributed by atoms with E-state index in [1.165, 1.54) is 0 Å². The van der Waals surface area contributed by atoms with Crippen LogP contribution in [0.1, 0.15) is 40.0 Å². The molecule has 0 aliphatic carbocycles. The summed E-state index contributed by atoms with van der Waals surface area (Å²) in [6.07, 6.45) is 2.50. The topological polar surface area (TPSA) is 46.2 Å². The fourth-order valence-electron chi connectivity index (χ4n) is 1.43. The average Bonchev–Trinajstić information content (AvgIpc) is 2.12. The van der Waals surface area contributed by atoms with Crippen LogP contribution >= 0.6 is 0 Å². The Labute approximate surface area is 94.6 Å². The van der Waals surface area contributed by atoms with Crippen LogP contribution in [0.5, 0.6) is 0 Å². The summed E-state index contributed by atoms with van der Waals surface area (Å²) >= 11 is 0. The van der Waals surface area contributed by atoms with Gasteiger partial charge in [0, 0.05) is 5.75 Å². The fourth-order valence-corrected chi connectivity index (χ4v) is 3.12. The first kappa shape index (κ1) is 14.9. The van der Waals surface area contributed by atoms with Crippen molar-refractivity contribution in [3.05, 3.63) is 0 Å². The maximum atomic E-state index is 11.5. The van der Waals surface area contributed by atoms with Gasteiger partial charge in [-0.05, 0) is 38.3 Å². The lowest BCUT2D eigenvalue weighted by Crippen LogP contribution is -2.23. The Bertz CT molecular complexity index is 258. The van der Waals surface area contributed by atoms with Crippen molar-refractivity contribution in [2.45, 2.75) is 40.0 Å². The molecule has 0 heterocycles. The van der Waals surface area contributed by atoms with E-state index in [-0.39, 0.29) is 5.41 Å². The van der Waals surface area contributed by atoms with Gasteiger partial charge in [0.05, 0.1) is 5.75 Å². The molecule has 0 aliphatic rings. The molecular weight excluding hydrogens is 210 g/mol. The van der Waals surface area contributed by atoms with E-state index in [1.54, 1.807) is 0 Å². The zero-order valence-electron chi connectivity index (χ0n) is 10.5. The number of rotatable bonds is 8. The highest BCUT2D eigenvalue weighted by Crippen LogP contribution is 2.25. The van der Waals surface area contributed by atoms with Crippen molar-refractivity contribution < 1.29 is 8.42 Å². The standard InChI is InChI=1S/C11H25NO2S/c1-5-9-15(13,14)10-7-11(2,3)6-8-12-4/h12H,5-10H2,1-4H3. The largest absolute Gasteiger partial charge is 0.320 e. The predicted octanol–water partition coefficient (Wildman–Crippen LogP) is 1.84. The molecule has 0 aromatic carbocycles. The maximum Gasteiger partial charge on any atom is 0.150 e. The Balaban J connectivity index is 4.02. The van der Waals surface area contributed by atoms with E-state index in [4.69, 9.17) is 0 Å². The van der Waals surface area contributed by atoms with E-state index in [0.29, 0.717) is 11.5 Å². The van der Waals surface area contributed by atoms with E-state index >= 15 is 0 Å². The Morgan fingerprint density at radius 2 is 1.73 bits per heavy atom. The third-order valence-corrected chi connectivity index (χ3v) is 4.51. The zero-order chi connectivity index (χ0) is 11.9. The molecule has 1 N–H and O–H groups in total. The van der Waals surface area contributed by atoms with Crippen LogP contribution in [0.15, 0.2) is 0 Å². The van der Waals surface area contributed by atoms with Crippen LogP contribution in [0, 0.1) is 5.41 Å². The van der Waals surface area contributed by atoms with Crippen molar-refractivity contribution in [1.82, 2.24) is 5.32 Å². The van der Waals surface area contributed by atoms with Crippen LogP contribution in [0.4, 0.5) is 0 Å². The molecule has 0 aromatic heterocycles. The number of hydrogen-bond donors (Lipinski definition) is 1. The molecule has 0 saturated heterocycles. The molecule has 0 aromatic rings. The molecule has 0 aliphatic heterocycles. The minimum atomic E-state index is -2.81. The van der Waals surface area contributed by atoms with Gasteiger partial charge in [0.15, 0.2) is 0 Å². The monoisotopic (exact) mass is 235 g/mol. The minimum absolute atomic E-state index is 0.115. The molecule has 0 atom stereocenters. The lowest BCUT2D eigenvalue weighted by molar-refractivity contribution is 0.320. The molecule has 0 rings (SSSR count). The maximum absolute atomic E-state index is 11.5.